The average molecular weight is 376 g/mol. The molecule has 0 radical (unpaired) electrons. The lowest BCUT2D eigenvalue weighted by Gasteiger charge is -2.20. The van der Waals surface area contributed by atoms with Crippen molar-refractivity contribution in [1.82, 2.24) is 20.2 Å². The molecule has 27 heavy (non-hydrogen) atoms. The molecule has 3 rings (SSSR count). The van der Waals surface area contributed by atoms with Crippen molar-refractivity contribution in [2.24, 2.45) is 0 Å². The first-order valence-corrected chi connectivity index (χ1v) is 7.79. The van der Waals surface area contributed by atoms with Gasteiger partial charge in [0, 0.05) is 19.7 Å². The van der Waals surface area contributed by atoms with Crippen molar-refractivity contribution in [3.63, 3.8) is 0 Å². The molecular formula is C17H15F3N6O. The van der Waals surface area contributed by atoms with E-state index in [1.54, 1.807) is 37.2 Å². The summed E-state index contributed by atoms with van der Waals surface area (Å²) in [6, 6.07) is 9.62. The van der Waals surface area contributed by atoms with Crippen molar-refractivity contribution in [2.45, 2.75) is 6.18 Å². The first-order valence-electron chi connectivity index (χ1n) is 7.79. The lowest BCUT2D eigenvalue weighted by molar-refractivity contribution is -0.137. The number of benzene rings is 2. The van der Waals surface area contributed by atoms with Gasteiger partial charge < -0.3 is 10.2 Å². The van der Waals surface area contributed by atoms with E-state index >= 15 is 0 Å². The zero-order valence-electron chi connectivity index (χ0n) is 14.4. The van der Waals surface area contributed by atoms with Crippen LogP contribution in [-0.2, 0) is 6.18 Å². The van der Waals surface area contributed by atoms with Crippen molar-refractivity contribution in [3.05, 3.63) is 59.9 Å². The molecule has 1 aromatic heterocycles. The van der Waals surface area contributed by atoms with E-state index in [-0.39, 0.29) is 11.3 Å². The summed E-state index contributed by atoms with van der Waals surface area (Å²) in [7, 11) is 3.35. The third-order valence-corrected chi connectivity index (χ3v) is 3.78. The summed E-state index contributed by atoms with van der Waals surface area (Å²) in [5.41, 5.74) is 0.473. The zero-order chi connectivity index (χ0) is 19.6. The molecule has 7 nitrogen and oxygen atoms in total. The Morgan fingerprint density at radius 1 is 1.15 bits per heavy atom. The fourth-order valence-corrected chi connectivity index (χ4v) is 2.47. The molecule has 0 saturated carbocycles. The van der Waals surface area contributed by atoms with Crippen LogP contribution in [0.4, 0.5) is 24.5 Å². The number of anilines is 2. The number of alkyl halides is 3. The maximum Gasteiger partial charge on any atom is 0.416 e. The van der Waals surface area contributed by atoms with Crippen molar-refractivity contribution in [3.8, 4) is 5.69 Å². The quantitative estimate of drug-likeness (QED) is 0.758. The van der Waals surface area contributed by atoms with Crippen molar-refractivity contribution in [2.75, 3.05) is 24.3 Å². The van der Waals surface area contributed by atoms with Crippen LogP contribution in [0.15, 0.2) is 48.8 Å². The van der Waals surface area contributed by atoms with E-state index in [0.29, 0.717) is 11.4 Å². The van der Waals surface area contributed by atoms with Crippen LogP contribution in [0.25, 0.3) is 5.69 Å². The summed E-state index contributed by atoms with van der Waals surface area (Å²) < 4.78 is 40.4. The second kappa shape index (κ2) is 7.06. The molecule has 140 valence electrons. The Hall–Kier alpha value is -3.43. The number of tetrazole rings is 1. The molecule has 10 heteroatoms. The van der Waals surface area contributed by atoms with Gasteiger partial charge in [-0.1, -0.05) is 6.07 Å². The minimum Gasteiger partial charge on any atom is -0.376 e. The van der Waals surface area contributed by atoms with Crippen LogP contribution in [0, 0.1) is 0 Å². The van der Waals surface area contributed by atoms with Crippen LogP contribution < -0.4 is 10.2 Å². The van der Waals surface area contributed by atoms with Gasteiger partial charge in [0.1, 0.15) is 6.33 Å². The second-order valence-electron chi connectivity index (χ2n) is 5.88. The van der Waals surface area contributed by atoms with E-state index in [2.05, 4.69) is 20.8 Å². The third-order valence-electron chi connectivity index (χ3n) is 3.78. The number of hydrogen-bond acceptors (Lipinski definition) is 5. The van der Waals surface area contributed by atoms with Gasteiger partial charge in [0.2, 0.25) is 0 Å². The first kappa shape index (κ1) is 18.4. The average Bonchev–Trinajstić information content (AvgIpc) is 3.15. The fraction of sp³-hybridized carbons (Fsp3) is 0.176. The van der Waals surface area contributed by atoms with Crippen molar-refractivity contribution in [1.29, 1.82) is 0 Å². The molecule has 0 aliphatic rings. The van der Waals surface area contributed by atoms with E-state index in [1.165, 1.54) is 23.1 Å². The smallest absolute Gasteiger partial charge is 0.376 e. The van der Waals surface area contributed by atoms with E-state index < -0.39 is 17.6 Å². The van der Waals surface area contributed by atoms with E-state index in [4.69, 9.17) is 0 Å². The molecule has 2 aromatic carbocycles. The Balaban J connectivity index is 1.93. The first-order chi connectivity index (χ1) is 12.8. The van der Waals surface area contributed by atoms with E-state index in [1.807, 2.05) is 0 Å². The number of nitrogens with zero attached hydrogens (tertiary/aromatic N) is 5. The topological polar surface area (TPSA) is 75.9 Å². The third kappa shape index (κ3) is 4.05. The molecule has 0 aliphatic heterocycles. The molecule has 3 aromatic rings. The number of halogens is 3. The minimum atomic E-state index is -4.51. The van der Waals surface area contributed by atoms with Gasteiger partial charge in [-0.25, -0.2) is 4.68 Å². The Kier molecular flexibility index (Phi) is 4.80. The molecule has 0 bridgehead atoms. The largest absolute Gasteiger partial charge is 0.416 e. The van der Waals surface area contributed by atoms with Crippen LogP contribution >= 0.6 is 0 Å². The van der Waals surface area contributed by atoms with Gasteiger partial charge in [-0.2, -0.15) is 13.2 Å². The predicted molar refractivity (Wildman–Crippen MR) is 92.9 cm³/mol. The van der Waals surface area contributed by atoms with Gasteiger partial charge in [-0.3, -0.25) is 4.79 Å². The lowest BCUT2D eigenvalue weighted by atomic mass is 10.1. The lowest BCUT2D eigenvalue weighted by Crippen LogP contribution is -2.18. The molecule has 0 spiro atoms. The molecule has 1 N–H and O–H groups in total. The standard InChI is InChI=1S/C17H15F3N6O/c1-25(2)15-7-6-12(17(18,19)20)9-14(15)22-16(27)11-4-3-5-13(8-11)26-10-21-23-24-26/h3-10H,1-2H3,(H,22,27). The zero-order valence-corrected chi connectivity index (χ0v) is 14.4. The van der Waals surface area contributed by atoms with Crippen molar-refractivity contribution < 1.29 is 18.0 Å². The molecule has 0 atom stereocenters. The maximum atomic E-state index is 13.0. The van der Waals surface area contributed by atoms with Gasteiger partial charge >= 0.3 is 6.18 Å². The number of hydrogen-bond donors (Lipinski definition) is 1. The summed E-state index contributed by atoms with van der Waals surface area (Å²) in [6.45, 7) is 0. The van der Waals surface area contributed by atoms with Crippen LogP contribution in [0.1, 0.15) is 15.9 Å². The normalized spacial score (nSPS) is 11.3. The van der Waals surface area contributed by atoms with E-state index in [0.717, 1.165) is 12.1 Å². The summed E-state index contributed by atoms with van der Waals surface area (Å²) in [5.74, 6) is -0.549. The summed E-state index contributed by atoms with van der Waals surface area (Å²) in [6.07, 6.45) is -3.14. The summed E-state index contributed by atoms with van der Waals surface area (Å²) in [5, 5.41) is 13.3. The summed E-state index contributed by atoms with van der Waals surface area (Å²) >= 11 is 0. The molecule has 1 heterocycles. The molecule has 0 aliphatic carbocycles. The van der Waals surface area contributed by atoms with Gasteiger partial charge in [-0.15, -0.1) is 5.10 Å². The predicted octanol–water partition coefficient (Wildman–Crippen LogP) is 3.00. The van der Waals surface area contributed by atoms with Crippen LogP contribution in [0.3, 0.4) is 0 Å². The maximum absolute atomic E-state index is 13.0. The number of carbonyl (C=O) groups excluding carboxylic acids is 1. The highest BCUT2D eigenvalue weighted by atomic mass is 19.4. The molecule has 0 saturated heterocycles. The Bertz CT molecular complexity index is 954. The van der Waals surface area contributed by atoms with Gasteiger partial charge in [0.25, 0.3) is 5.91 Å². The van der Waals surface area contributed by atoms with Gasteiger partial charge in [0.05, 0.1) is 22.6 Å². The number of rotatable bonds is 4. The second-order valence-corrected chi connectivity index (χ2v) is 5.88. The van der Waals surface area contributed by atoms with Crippen LogP contribution in [-0.4, -0.2) is 40.2 Å². The fourth-order valence-electron chi connectivity index (χ4n) is 2.47. The number of nitrogens with one attached hydrogen (secondary N) is 1. The molecular weight excluding hydrogens is 361 g/mol. The Morgan fingerprint density at radius 2 is 1.93 bits per heavy atom. The van der Waals surface area contributed by atoms with E-state index in [9.17, 15) is 18.0 Å². The van der Waals surface area contributed by atoms with Crippen LogP contribution in [0.2, 0.25) is 0 Å². The molecule has 0 unspecified atom stereocenters. The minimum absolute atomic E-state index is 0.0626. The highest BCUT2D eigenvalue weighted by Crippen LogP contribution is 2.35. The van der Waals surface area contributed by atoms with Gasteiger partial charge in [0.15, 0.2) is 0 Å². The SMILES string of the molecule is CN(C)c1ccc(C(F)(F)F)cc1NC(=O)c1cccc(-n2cnnn2)c1. The monoisotopic (exact) mass is 376 g/mol. The number of amides is 1. The Labute approximate surface area is 152 Å². The highest BCUT2D eigenvalue weighted by Gasteiger charge is 2.31. The Morgan fingerprint density at radius 3 is 2.56 bits per heavy atom. The van der Waals surface area contributed by atoms with Crippen molar-refractivity contribution >= 4 is 17.3 Å². The molecule has 1 amide bonds. The van der Waals surface area contributed by atoms with Crippen LogP contribution in [0.5, 0.6) is 0 Å². The van der Waals surface area contributed by atoms with Gasteiger partial charge in [-0.05, 0) is 46.8 Å². The number of carbonyl (C=O) groups is 1. The molecule has 0 fully saturated rings. The summed E-state index contributed by atoms with van der Waals surface area (Å²) in [4.78, 5) is 14.2. The highest BCUT2D eigenvalue weighted by molar-refractivity contribution is 6.06. The number of aromatic nitrogens is 4.